The van der Waals surface area contributed by atoms with Crippen molar-refractivity contribution in [2.45, 2.75) is 19.3 Å². The molecule has 0 spiro atoms. The van der Waals surface area contributed by atoms with Gasteiger partial charge >= 0.3 is 0 Å². The van der Waals surface area contributed by atoms with Crippen molar-refractivity contribution >= 4 is 5.91 Å². The molecule has 0 radical (unpaired) electrons. The number of carbonyl (C=O) groups excluding carboxylic acids is 1. The lowest BCUT2D eigenvalue weighted by molar-refractivity contribution is -0.124. The van der Waals surface area contributed by atoms with Crippen LogP contribution in [-0.4, -0.2) is 35.3 Å². The van der Waals surface area contributed by atoms with Crippen LogP contribution in [0.25, 0.3) is 0 Å². The van der Waals surface area contributed by atoms with E-state index in [-0.39, 0.29) is 17.7 Å². The van der Waals surface area contributed by atoms with Crippen molar-refractivity contribution in [3.63, 3.8) is 0 Å². The molecule has 1 amide bonds. The van der Waals surface area contributed by atoms with Crippen molar-refractivity contribution in [3.05, 3.63) is 18.0 Å². The van der Waals surface area contributed by atoms with Gasteiger partial charge in [-0.25, -0.2) is 0 Å². The molecule has 2 aliphatic rings. The fraction of sp³-hybridized carbons (Fsp3) is 0.714. The summed E-state index contributed by atoms with van der Waals surface area (Å²) < 4.78 is 1.80. The maximum Gasteiger partial charge on any atom is 0.225 e. The van der Waals surface area contributed by atoms with Gasteiger partial charge in [-0.2, -0.15) is 5.10 Å². The van der Waals surface area contributed by atoms with Crippen molar-refractivity contribution in [2.75, 3.05) is 19.6 Å². The third-order valence-corrected chi connectivity index (χ3v) is 4.52. The summed E-state index contributed by atoms with van der Waals surface area (Å²) in [7, 11) is 1.91. The minimum absolute atomic E-state index is 0.0401. The zero-order valence-corrected chi connectivity index (χ0v) is 11.6. The van der Waals surface area contributed by atoms with Crippen LogP contribution in [0.2, 0.25) is 0 Å². The van der Waals surface area contributed by atoms with Crippen LogP contribution >= 0.6 is 0 Å². The van der Waals surface area contributed by atoms with E-state index in [1.165, 1.54) is 6.42 Å². The molecule has 1 aliphatic heterocycles. The first-order chi connectivity index (χ1) is 9.15. The van der Waals surface area contributed by atoms with Crippen molar-refractivity contribution in [1.82, 2.24) is 20.4 Å². The second kappa shape index (κ2) is 4.96. The van der Waals surface area contributed by atoms with Crippen molar-refractivity contribution in [1.29, 1.82) is 0 Å². The van der Waals surface area contributed by atoms with Crippen molar-refractivity contribution in [2.24, 2.45) is 24.8 Å². The summed E-state index contributed by atoms with van der Waals surface area (Å²) in [6.07, 6.45) is 5.15. The molecule has 2 fully saturated rings. The van der Waals surface area contributed by atoms with E-state index in [4.69, 9.17) is 0 Å². The summed E-state index contributed by atoms with van der Waals surface area (Å²) in [5.41, 5.74) is 1.16. The average Bonchev–Trinajstić information content (AvgIpc) is 2.84. The lowest BCUT2D eigenvalue weighted by Crippen LogP contribution is -2.35. The quantitative estimate of drug-likeness (QED) is 0.830. The van der Waals surface area contributed by atoms with Gasteiger partial charge in [0.15, 0.2) is 0 Å². The van der Waals surface area contributed by atoms with E-state index in [0.717, 1.165) is 31.1 Å². The van der Waals surface area contributed by atoms with E-state index in [2.05, 4.69) is 22.7 Å². The number of nitrogens with one attached hydrogen (secondary N) is 2. The Kier molecular flexibility index (Phi) is 3.31. The Morgan fingerprint density at radius 3 is 3.00 bits per heavy atom. The van der Waals surface area contributed by atoms with Gasteiger partial charge in [-0.1, -0.05) is 6.92 Å². The van der Waals surface area contributed by atoms with E-state index >= 15 is 0 Å². The zero-order chi connectivity index (χ0) is 13.4. The number of carbonyl (C=O) groups is 1. The van der Waals surface area contributed by atoms with Gasteiger partial charge in [0.1, 0.15) is 0 Å². The van der Waals surface area contributed by atoms with Crippen molar-refractivity contribution < 1.29 is 4.79 Å². The molecule has 1 aliphatic carbocycles. The molecule has 4 atom stereocenters. The van der Waals surface area contributed by atoms with Gasteiger partial charge < -0.3 is 10.6 Å². The molecule has 1 saturated heterocycles. The molecule has 0 bridgehead atoms. The number of amides is 1. The number of aryl methyl sites for hydroxylation is 1. The van der Waals surface area contributed by atoms with Crippen LogP contribution in [0, 0.1) is 17.8 Å². The lowest BCUT2D eigenvalue weighted by atomic mass is 9.90. The Morgan fingerprint density at radius 1 is 1.58 bits per heavy atom. The summed E-state index contributed by atoms with van der Waals surface area (Å²) >= 11 is 0. The fourth-order valence-electron chi connectivity index (χ4n) is 2.98. The van der Waals surface area contributed by atoms with E-state index in [9.17, 15) is 4.79 Å². The predicted octanol–water partition coefficient (Wildman–Crippen LogP) is 0.495. The van der Waals surface area contributed by atoms with E-state index in [1.807, 2.05) is 19.4 Å². The summed E-state index contributed by atoms with van der Waals surface area (Å²) in [6, 6.07) is 0. The van der Waals surface area contributed by atoms with E-state index < -0.39 is 0 Å². The third-order valence-electron chi connectivity index (χ3n) is 4.52. The zero-order valence-electron chi connectivity index (χ0n) is 11.6. The number of hydrogen-bond acceptors (Lipinski definition) is 3. The molecule has 5 heteroatoms. The number of aromatic nitrogens is 2. The van der Waals surface area contributed by atoms with Crippen LogP contribution in [0.1, 0.15) is 24.8 Å². The second-order valence-corrected chi connectivity index (χ2v) is 6.04. The van der Waals surface area contributed by atoms with Gasteiger partial charge in [0.05, 0.1) is 12.1 Å². The van der Waals surface area contributed by atoms with Crippen LogP contribution in [0.15, 0.2) is 12.4 Å². The van der Waals surface area contributed by atoms with Crippen LogP contribution in [0.5, 0.6) is 0 Å². The van der Waals surface area contributed by atoms with Gasteiger partial charge in [-0.05, 0) is 23.8 Å². The molecule has 1 aromatic rings. The Morgan fingerprint density at radius 2 is 2.37 bits per heavy atom. The second-order valence-electron chi connectivity index (χ2n) is 6.04. The molecule has 2 heterocycles. The largest absolute Gasteiger partial charge is 0.356 e. The summed E-state index contributed by atoms with van der Waals surface area (Å²) in [6.45, 7) is 4.72. The summed E-state index contributed by atoms with van der Waals surface area (Å²) in [5, 5.41) is 10.6. The Hall–Kier alpha value is -1.36. The topological polar surface area (TPSA) is 59.0 Å². The van der Waals surface area contributed by atoms with Crippen molar-refractivity contribution in [3.8, 4) is 0 Å². The molecular formula is C14H22N4O. The lowest BCUT2D eigenvalue weighted by Gasteiger charge is -2.17. The normalized spacial score (nSPS) is 33.4. The molecule has 3 rings (SSSR count). The Labute approximate surface area is 113 Å². The SMILES string of the molecule is CC1CC1CNC(=O)[C@H]1CNC[C@@H]1c1cnn(C)c1. The standard InChI is InChI=1S/C14H22N4O/c1-9-3-10(9)4-16-14(19)13-7-15-6-12(13)11-5-17-18(2)8-11/h5,8-10,12-13,15H,3-4,6-7H2,1-2H3,(H,16,19)/t9?,10?,12-,13+/m1/s1. The minimum atomic E-state index is 0.0401. The minimum Gasteiger partial charge on any atom is -0.356 e. The van der Waals surface area contributed by atoms with Gasteiger partial charge in [-0.15, -0.1) is 0 Å². The molecule has 1 saturated carbocycles. The summed E-state index contributed by atoms with van der Waals surface area (Å²) in [4.78, 5) is 12.3. The maximum atomic E-state index is 12.3. The molecule has 2 N–H and O–H groups in total. The molecule has 2 unspecified atom stereocenters. The molecule has 19 heavy (non-hydrogen) atoms. The number of rotatable bonds is 4. The highest BCUT2D eigenvalue weighted by Crippen LogP contribution is 2.37. The van der Waals surface area contributed by atoms with Gasteiger partial charge in [0.25, 0.3) is 0 Å². The Bertz CT molecular complexity index is 470. The highest BCUT2D eigenvalue weighted by molar-refractivity contribution is 5.80. The van der Waals surface area contributed by atoms with Gasteiger partial charge in [0.2, 0.25) is 5.91 Å². The number of hydrogen-bond donors (Lipinski definition) is 2. The third kappa shape index (κ3) is 2.66. The first-order valence-electron chi connectivity index (χ1n) is 7.12. The van der Waals surface area contributed by atoms with Gasteiger partial charge in [-0.3, -0.25) is 9.48 Å². The maximum absolute atomic E-state index is 12.3. The molecule has 1 aromatic heterocycles. The highest BCUT2D eigenvalue weighted by atomic mass is 16.1. The monoisotopic (exact) mass is 262 g/mol. The Balaban J connectivity index is 1.60. The van der Waals surface area contributed by atoms with Gasteiger partial charge in [0, 0.05) is 38.8 Å². The smallest absolute Gasteiger partial charge is 0.225 e. The predicted molar refractivity (Wildman–Crippen MR) is 72.6 cm³/mol. The average molecular weight is 262 g/mol. The molecule has 0 aromatic carbocycles. The highest BCUT2D eigenvalue weighted by Gasteiger charge is 2.37. The fourth-order valence-corrected chi connectivity index (χ4v) is 2.98. The molecule has 5 nitrogen and oxygen atoms in total. The first kappa shape index (κ1) is 12.7. The number of nitrogens with zero attached hydrogens (tertiary/aromatic N) is 2. The summed E-state index contributed by atoms with van der Waals surface area (Å²) in [5.74, 6) is 1.98. The van der Waals surface area contributed by atoms with Crippen LogP contribution in [-0.2, 0) is 11.8 Å². The van der Waals surface area contributed by atoms with Crippen LogP contribution in [0.3, 0.4) is 0 Å². The first-order valence-corrected chi connectivity index (χ1v) is 7.12. The van der Waals surface area contributed by atoms with E-state index in [1.54, 1.807) is 4.68 Å². The van der Waals surface area contributed by atoms with Crippen LogP contribution < -0.4 is 10.6 Å². The van der Waals surface area contributed by atoms with E-state index in [0.29, 0.717) is 5.92 Å². The molecular weight excluding hydrogens is 240 g/mol. The molecule has 104 valence electrons. The van der Waals surface area contributed by atoms with Crippen LogP contribution in [0.4, 0.5) is 0 Å².